The molecule has 0 aliphatic carbocycles. The zero-order chi connectivity index (χ0) is 16.9. The van der Waals surface area contributed by atoms with E-state index >= 15 is 0 Å². The maximum absolute atomic E-state index is 5.60. The summed E-state index contributed by atoms with van der Waals surface area (Å²) < 4.78 is 10.9. The Bertz CT molecular complexity index is 513. The van der Waals surface area contributed by atoms with Gasteiger partial charge in [-0.3, -0.25) is 4.99 Å². The molecule has 0 spiro atoms. The third-order valence-corrected chi connectivity index (χ3v) is 3.75. The van der Waals surface area contributed by atoms with Crippen molar-refractivity contribution >= 4 is 47.4 Å². The monoisotopic (exact) mass is 465 g/mol. The van der Waals surface area contributed by atoms with Gasteiger partial charge < -0.3 is 20.1 Å². The van der Waals surface area contributed by atoms with E-state index in [4.69, 9.17) is 9.47 Å². The van der Waals surface area contributed by atoms with Crippen molar-refractivity contribution in [1.82, 2.24) is 5.32 Å². The lowest BCUT2D eigenvalue weighted by Gasteiger charge is -2.14. The normalized spacial score (nSPS) is 10.5. The van der Waals surface area contributed by atoms with Crippen LogP contribution in [0.1, 0.15) is 13.8 Å². The van der Waals surface area contributed by atoms with Crippen molar-refractivity contribution in [2.24, 2.45) is 4.99 Å². The maximum Gasteiger partial charge on any atom is 0.195 e. The molecule has 0 radical (unpaired) electrons. The molecule has 0 heterocycles. The van der Waals surface area contributed by atoms with Crippen LogP contribution in [0.15, 0.2) is 35.8 Å². The van der Waals surface area contributed by atoms with Crippen LogP contribution in [-0.4, -0.2) is 44.3 Å². The first-order valence-corrected chi connectivity index (χ1v) is 8.95. The van der Waals surface area contributed by atoms with Crippen LogP contribution >= 0.6 is 35.7 Å². The Kier molecular flexibility index (Phi) is 13.6. The van der Waals surface area contributed by atoms with Crippen molar-refractivity contribution in [3.05, 3.63) is 30.9 Å². The number of hydrogen-bond acceptors (Lipinski definition) is 4. The predicted molar refractivity (Wildman–Crippen MR) is 117 cm³/mol. The molecule has 1 aromatic rings. The highest BCUT2D eigenvalue weighted by Gasteiger charge is 2.06. The SMILES string of the molecule is C=CCSCCN=C(NCC)Nc1ccc(OC)c(OCC)c1.I. The summed E-state index contributed by atoms with van der Waals surface area (Å²) >= 11 is 1.82. The summed E-state index contributed by atoms with van der Waals surface area (Å²) in [5.41, 5.74) is 0.910. The Balaban J connectivity index is 0.00000529. The van der Waals surface area contributed by atoms with E-state index < -0.39 is 0 Å². The van der Waals surface area contributed by atoms with Gasteiger partial charge in [0.15, 0.2) is 17.5 Å². The predicted octanol–water partition coefficient (Wildman–Crippen LogP) is 4.01. The summed E-state index contributed by atoms with van der Waals surface area (Å²) in [7, 11) is 1.64. The van der Waals surface area contributed by atoms with E-state index in [9.17, 15) is 0 Å². The zero-order valence-corrected chi connectivity index (χ0v) is 17.8. The van der Waals surface area contributed by atoms with Gasteiger partial charge in [-0.1, -0.05) is 6.08 Å². The third-order valence-electron chi connectivity index (χ3n) is 2.81. The summed E-state index contributed by atoms with van der Waals surface area (Å²) in [5.74, 6) is 4.13. The Morgan fingerprint density at radius 2 is 2.12 bits per heavy atom. The number of guanidine groups is 1. The van der Waals surface area contributed by atoms with Crippen LogP contribution in [-0.2, 0) is 0 Å². The highest BCUT2D eigenvalue weighted by molar-refractivity contribution is 14.0. The molecule has 2 N–H and O–H groups in total. The number of rotatable bonds is 10. The van der Waals surface area contributed by atoms with E-state index in [0.717, 1.165) is 47.7 Å². The molecule has 0 atom stereocenters. The molecule has 0 saturated carbocycles. The summed E-state index contributed by atoms with van der Waals surface area (Å²) in [6.45, 7) is 9.86. The van der Waals surface area contributed by atoms with E-state index in [2.05, 4.69) is 22.2 Å². The number of nitrogens with zero attached hydrogens (tertiary/aromatic N) is 1. The molecule has 0 aromatic heterocycles. The first kappa shape index (κ1) is 22.9. The standard InChI is InChI=1S/C17H27N3O2S.HI/c1-5-11-23-12-10-19-17(18-6-2)20-14-8-9-15(21-4)16(13-14)22-7-3;/h5,8-9,13H,1,6-7,10-12H2,2-4H3,(H2,18,19,20);1H. The molecule has 0 amide bonds. The lowest BCUT2D eigenvalue weighted by Crippen LogP contribution is -2.30. The smallest absolute Gasteiger partial charge is 0.195 e. The molecule has 7 heteroatoms. The van der Waals surface area contributed by atoms with Gasteiger partial charge in [0.05, 0.1) is 20.3 Å². The van der Waals surface area contributed by atoms with Crippen molar-refractivity contribution in [3.63, 3.8) is 0 Å². The topological polar surface area (TPSA) is 54.9 Å². The van der Waals surface area contributed by atoms with E-state index in [1.807, 2.05) is 49.9 Å². The molecule has 24 heavy (non-hydrogen) atoms. The molecule has 5 nitrogen and oxygen atoms in total. The second kappa shape index (κ2) is 14.3. The zero-order valence-electron chi connectivity index (χ0n) is 14.6. The highest BCUT2D eigenvalue weighted by atomic mass is 127. The van der Waals surface area contributed by atoms with Gasteiger partial charge in [0.25, 0.3) is 0 Å². The number of thioether (sulfide) groups is 1. The van der Waals surface area contributed by atoms with Crippen LogP contribution in [0.3, 0.4) is 0 Å². The van der Waals surface area contributed by atoms with Gasteiger partial charge in [0.1, 0.15) is 0 Å². The maximum atomic E-state index is 5.60. The minimum Gasteiger partial charge on any atom is -0.493 e. The number of halogens is 1. The van der Waals surface area contributed by atoms with Crippen LogP contribution in [0.25, 0.3) is 0 Å². The van der Waals surface area contributed by atoms with E-state index in [1.165, 1.54) is 0 Å². The van der Waals surface area contributed by atoms with Crippen LogP contribution in [0.2, 0.25) is 0 Å². The molecule has 0 fully saturated rings. The van der Waals surface area contributed by atoms with Crippen LogP contribution < -0.4 is 20.1 Å². The third kappa shape index (κ3) is 8.68. The fourth-order valence-corrected chi connectivity index (χ4v) is 2.41. The van der Waals surface area contributed by atoms with Gasteiger partial charge in [-0.05, 0) is 26.0 Å². The number of aliphatic imine (C=N–C) groups is 1. The van der Waals surface area contributed by atoms with Crippen molar-refractivity contribution in [2.75, 3.05) is 43.6 Å². The molecular weight excluding hydrogens is 437 g/mol. The number of anilines is 1. The first-order valence-electron chi connectivity index (χ1n) is 7.79. The van der Waals surface area contributed by atoms with Crippen molar-refractivity contribution < 1.29 is 9.47 Å². The van der Waals surface area contributed by atoms with Crippen molar-refractivity contribution in [2.45, 2.75) is 13.8 Å². The van der Waals surface area contributed by atoms with Crippen LogP contribution in [0.4, 0.5) is 5.69 Å². The minimum absolute atomic E-state index is 0. The summed E-state index contributed by atoms with van der Waals surface area (Å²) in [5, 5.41) is 6.53. The molecule has 136 valence electrons. The van der Waals surface area contributed by atoms with Crippen LogP contribution in [0.5, 0.6) is 11.5 Å². The quantitative estimate of drug-likeness (QED) is 0.180. The lowest BCUT2D eigenvalue weighted by molar-refractivity contribution is 0.311. The van der Waals surface area contributed by atoms with Gasteiger partial charge in [-0.25, -0.2) is 0 Å². The van der Waals surface area contributed by atoms with E-state index in [0.29, 0.717) is 6.61 Å². The number of hydrogen-bond donors (Lipinski definition) is 2. The molecule has 0 saturated heterocycles. The summed E-state index contributed by atoms with van der Waals surface area (Å²) in [6.07, 6.45) is 1.91. The molecule has 0 aliphatic heterocycles. The fourth-order valence-electron chi connectivity index (χ4n) is 1.86. The van der Waals surface area contributed by atoms with Gasteiger partial charge in [0.2, 0.25) is 0 Å². The number of nitrogens with one attached hydrogen (secondary N) is 2. The van der Waals surface area contributed by atoms with Crippen LogP contribution in [0, 0.1) is 0 Å². The number of methoxy groups -OCH3 is 1. The number of benzene rings is 1. The number of ether oxygens (including phenoxy) is 2. The molecule has 1 aromatic carbocycles. The van der Waals surface area contributed by atoms with Gasteiger partial charge in [-0.2, -0.15) is 11.8 Å². The highest BCUT2D eigenvalue weighted by Crippen LogP contribution is 2.30. The molecular formula is C17H28IN3O2S. The Morgan fingerprint density at radius 1 is 1.33 bits per heavy atom. The second-order valence-electron chi connectivity index (χ2n) is 4.55. The molecule has 0 aliphatic rings. The van der Waals surface area contributed by atoms with Gasteiger partial charge in [0, 0.05) is 29.8 Å². The molecule has 0 unspecified atom stereocenters. The molecule has 0 bridgehead atoms. The Morgan fingerprint density at radius 3 is 2.75 bits per heavy atom. The average Bonchev–Trinajstić information content (AvgIpc) is 2.55. The molecule has 1 rings (SSSR count). The van der Waals surface area contributed by atoms with Gasteiger partial charge >= 0.3 is 0 Å². The Labute approximate surface area is 166 Å². The van der Waals surface area contributed by atoms with E-state index in [-0.39, 0.29) is 24.0 Å². The van der Waals surface area contributed by atoms with Crippen molar-refractivity contribution in [1.29, 1.82) is 0 Å². The van der Waals surface area contributed by atoms with Crippen molar-refractivity contribution in [3.8, 4) is 11.5 Å². The second-order valence-corrected chi connectivity index (χ2v) is 5.70. The van der Waals surface area contributed by atoms with Gasteiger partial charge in [-0.15, -0.1) is 30.6 Å². The Hall–Kier alpha value is -1.09. The average molecular weight is 465 g/mol. The summed E-state index contributed by atoms with van der Waals surface area (Å²) in [6, 6.07) is 5.75. The summed E-state index contributed by atoms with van der Waals surface area (Å²) in [4.78, 5) is 4.57. The first-order chi connectivity index (χ1) is 11.2. The fraction of sp³-hybridized carbons (Fsp3) is 0.471. The minimum atomic E-state index is 0. The lowest BCUT2D eigenvalue weighted by atomic mass is 10.2. The largest absolute Gasteiger partial charge is 0.493 e. The van der Waals surface area contributed by atoms with E-state index in [1.54, 1.807) is 7.11 Å².